The average Bonchev–Trinajstić information content (AvgIpc) is 3.09. The Kier molecular flexibility index (Phi) is 16.6. The van der Waals surface area contributed by atoms with Gasteiger partial charge in [0.15, 0.2) is 0 Å². The lowest BCUT2D eigenvalue weighted by atomic mass is 9.81. The summed E-state index contributed by atoms with van der Waals surface area (Å²) in [4.78, 5) is 23.6. The van der Waals surface area contributed by atoms with E-state index in [1.165, 1.54) is 102 Å². The van der Waals surface area contributed by atoms with Gasteiger partial charge in [0, 0.05) is 6.42 Å². The van der Waals surface area contributed by atoms with Crippen LogP contribution in [0, 0.1) is 11.8 Å². The Bertz CT molecular complexity index is 511. The van der Waals surface area contributed by atoms with E-state index in [0.29, 0.717) is 6.42 Å². The second-order valence-electron chi connectivity index (χ2n) is 9.80. The second-order valence-corrected chi connectivity index (χ2v) is 9.80. The molecular weight excluding hydrogens is 382 g/mol. The van der Waals surface area contributed by atoms with Crippen LogP contribution in [0.2, 0.25) is 0 Å². The molecule has 1 aliphatic rings. The normalized spacial score (nSPS) is 17.9. The summed E-state index contributed by atoms with van der Waals surface area (Å²) in [7, 11) is 0. The topological polar surface area (TPSA) is 46.2 Å². The summed E-state index contributed by atoms with van der Waals surface area (Å²) in [6.07, 6.45) is 26.7. The molecule has 1 N–H and O–H groups in total. The Hall–Kier alpha value is -1.12. The summed E-state index contributed by atoms with van der Waals surface area (Å²) >= 11 is 0. The minimum absolute atomic E-state index is 0.0665. The van der Waals surface area contributed by atoms with Crippen molar-refractivity contribution in [1.29, 1.82) is 0 Å². The lowest BCUT2D eigenvalue weighted by molar-refractivity contribution is -0.126. The molecule has 1 heterocycles. The first kappa shape index (κ1) is 27.9. The Morgan fingerprint density at radius 2 is 1.29 bits per heavy atom. The highest BCUT2D eigenvalue weighted by atomic mass is 16.2. The van der Waals surface area contributed by atoms with E-state index in [2.05, 4.69) is 32.2 Å². The highest BCUT2D eigenvalue weighted by Gasteiger charge is 2.36. The van der Waals surface area contributed by atoms with E-state index < -0.39 is 0 Å². The lowest BCUT2D eigenvalue weighted by Gasteiger charge is -2.21. The van der Waals surface area contributed by atoms with Crippen molar-refractivity contribution in [2.75, 3.05) is 0 Å². The van der Waals surface area contributed by atoms with Gasteiger partial charge in [-0.3, -0.25) is 14.9 Å². The SMILES string of the molecule is CCCCCCCCCCCCCCCCCC=C(C)C(CCC)C1CC(=O)NC1=O. The summed E-state index contributed by atoms with van der Waals surface area (Å²) in [6.45, 7) is 6.59. The number of hydrogen-bond donors (Lipinski definition) is 1. The maximum Gasteiger partial charge on any atom is 0.230 e. The van der Waals surface area contributed by atoms with Gasteiger partial charge in [-0.1, -0.05) is 122 Å². The number of imide groups is 1. The number of rotatable bonds is 20. The zero-order valence-corrected chi connectivity index (χ0v) is 21.0. The molecule has 0 bridgehead atoms. The number of allylic oxidation sites excluding steroid dienone is 2. The highest BCUT2D eigenvalue weighted by Crippen LogP contribution is 2.31. The van der Waals surface area contributed by atoms with Gasteiger partial charge in [-0.15, -0.1) is 0 Å². The Balaban J connectivity index is 2.01. The van der Waals surface area contributed by atoms with Crippen LogP contribution in [-0.4, -0.2) is 11.8 Å². The zero-order chi connectivity index (χ0) is 22.7. The van der Waals surface area contributed by atoms with Gasteiger partial charge in [-0.05, 0) is 32.1 Å². The van der Waals surface area contributed by atoms with Gasteiger partial charge in [0.2, 0.25) is 11.8 Å². The molecule has 1 fully saturated rings. The molecule has 0 spiro atoms. The Morgan fingerprint density at radius 1 is 0.806 bits per heavy atom. The van der Waals surface area contributed by atoms with Gasteiger partial charge >= 0.3 is 0 Å². The predicted molar refractivity (Wildman–Crippen MR) is 133 cm³/mol. The van der Waals surface area contributed by atoms with E-state index in [4.69, 9.17) is 0 Å². The second kappa shape index (κ2) is 18.5. The van der Waals surface area contributed by atoms with E-state index in [1.807, 2.05) is 0 Å². The number of amides is 2. The maximum absolute atomic E-state index is 12.1. The number of carbonyl (C=O) groups is 2. The minimum Gasteiger partial charge on any atom is -0.296 e. The first-order valence-corrected chi connectivity index (χ1v) is 13.6. The summed E-state index contributed by atoms with van der Waals surface area (Å²) < 4.78 is 0. The van der Waals surface area contributed by atoms with E-state index in [0.717, 1.165) is 19.3 Å². The summed E-state index contributed by atoms with van der Waals surface area (Å²) in [5.41, 5.74) is 1.31. The molecule has 0 radical (unpaired) electrons. The van der Waals surface area contributed by atoms with Gasteiger partial charge < -0.3 is 0 Å². The van der Waals surface area contributed by atoms with Crippen LogP contribution in [0.4, 0.5) is 0 Å². The molecule has 2 amide bonds. The molecule has 0 aromatic carbocycles. The molecule has 0 aromatic heterocycles. The van der Waals surface area contributed by atoms with Crippen molar-refractivity contribution in [3.05, 3.63) is 11.6 Å². The van der Waals surface area contributed by atoms with Gasteiger partial charge in [-0.2, -0.15) is 0 Å². The quantitative estimate of drug-likeness (QED) is 0.119. The first-order chi connectivity index (χ1) is 15.1. The fourth-order valence-electron chi connectivity index (χ4n) is 4.95. The van der Waals surface area contributed by atoms with Crippen LogP contribution < -0.4 is 5.32 Å². The first-order valence-electron chi connectivity index (χ1n) is 13.6. The van der Waals surface area contributed by atoms with E-state index in [9.17, 15) is 9.59 Å². The van der Waals surface area contributed by atoms with Crippen molar-refractivity contribution in [3.63, 3.8) is 0 Å². The van der Waals surface area contributed by atoms with Crippen LogP contribution in [0.1, 0.15) is 143 Å². The van der Waals surface area contributed by atoms with Gasteiger partial charge in [-0.25, -0.2) is 0 Å². The third-order valence-electron chi connectivity index (χ3n) is 6.95. The molecule has 3 nitrogen and oxygen atoms in total. The Morgan fingerprint density at radius 3 is 1.71 bits per heavy atom. The van der Waals surface area contributed by atoms with Crippen molar-refractivity contribution in [1.82, 2.24) is 5.32 Å². The van der Waals surface area contributed by atoms with Crippen LogP contribution in [0.3, 0.4) is 0 Å². The molecule has 1 aliphatic heterocycles. The van der Waals surface area contributed by atoms with E-state index in [-0.39, 0.29) is 23.7 Å². The molecule has 31 heavy (non-hydrogen) atoms. The minimum atomic E-state index is -0.148. The largest absolute Gasteiger partial charge is 0.296 e. The van der Waals surface area contributed by atoms with Crippen molar-refractivity contribution in [2.24, 2.45) is 11.8 Å². The molecule has 3 heteroatoms. The lowest BCUT2D eigenvalue weighted by Crippen LogP contribution is -2.26. The number of carbonyl (C=O) groups excluding carboxylic acids is 2. The van der Waals surface area contributed by atoms with Crippen LogP contribution in [-0.2, 0) is 9.59 Å². The molecule has 2 unspecified atom stereocenters. The molecular formula is C28H51NO2. The van der Waals surface area contributed by atoms with Gasteiger partial charge in [0.25, 0.3) is 0 Å². The summed E-state index contributed by atoms with van der Waals surface area (Å²) in [5, 5.41) is 2.48. The van der Waals surface area contributed by atoms with E-state index >= 15 is 0 Å². The third kappa shape index (κ3) is 13.1. The molecule has 0 aromatic rings. The smallest absolute Gasteiger partial charge is 0.230 e. The van der Waals surface area contributed by atoms with Crippen molar-refractivity contribution in [2.45, 2.75) is 143 Å². The maximum atomic E-state index is 12.1. The zero-order valence-electron chi connectivity index (χ0n) is 21.0. The molecule has 0 aliphatic carbocycles. The summed E-state index contributed by atoms with van der Waals surface area (Å²) in [5.74, 6) is -0.0907. The monoisotopic (exact) mass is 433 g/mol. The van der Waals surface area contributed by atoms with Gasteiger partial charge in [0.05, 0.1) is 5.92 Å². The van der Waals surface area contributed by atoms with Crippen LogP contribution >= 0.6 is 0 Å². The number of unbranched alkanes of at least 4 members (excludes halogenated alkanes) is 15. The number of hydrogen-bond acceptors (Lipinski definition) is 2. The predicted octanol–water partition coefficient (Wildman–Crippen LogP) is 8.27. The van der Waals surface area contributed by atoms with Crippen molar-refractivity contribution < 1.29 is 9.59 Å². The van der Waals surface area contributed by atoms with Gasteiger partial charge in [0.1, 0.15) is 0 Å². The van der Waals surface area contributed by atoms with Crippen LogP contribution in [0.25, 0.3) is 0 Å². The molecule has 180 valence electrons. The standard InChI is InChI=1S/C28H51NO2/c1-4-6-7-8-9-10-11-12-13-14-15-16-17-18-19-20-22-24(3)25(21-5-2)26-23-27(30)29-28(26)31/h22,25-26H,4-21,23H2,1-3H3,(H,29,30,31). The van der Waals surface area contributed by atoms with Crippen LogP contribution in [0.5, 0.6) is 0 Å². The van der Waals surface area contributed by atoms with E-state index in [1.54, 1.807) is 0 Å². The molecule has 0 saturated carbocycles. The average molecular weight is 434 g/mol. The molecule has 1 rings (SSSR count). The summed E-state index contributed by atoms with van der Waals surface area (Å²) in [6, 6.07) is 0. The molecule has 2 atom stereocenters. The Labute approximate surface area is 193 Å². The fourth-order valence-corrected chi connectivity index (χ4v) is 4.95. The number of nitrogens with one attached hydrogen (secondary N) is 1. The van der Waals surface area contributed by atoms with Crippen molar-refractivity contribution in [3.8, 4) is 0 Å². The van der Waals surface area contributed by atoms with Crippen LogP contribution in [0.15, 0.2) is 11.6 Å². The molecule has 1 saturated heterocycles. The highest BCUT2D eigenvalue weighted by molar-refractivity contribution is 6.03. The van der Waals surface area contributed by atoms with Crippen molar-refractivity contribution >= 4 is 11.8 Å². The fraction of sp³-hybridized carbons (Fsp3) is 0.857. The third-order valence-corrected chi connectivity index (χ3v) is 6.95.